The van der Waals surface area contributed by atoms with Crippen molar-refractivity contribution in [2.45, 2.75) is 26.8 Å². The molecule has 6 heteroatoms. The number of likely N-dealkylation sites (tertiary alicyclic amines) is 1. The fraction of sp³-hybridized carbons (Fsp3) is 0.562. The van der Waals surface area contributed by atoms with Crippen LogP contribution in [-0.2, 0) is 6.54 Å². The third-order valence-electron chi connectivity index (χ3n) is 3.84. The molecule has 0 saturated carbocycles. The Morgan fingerprint density at radius 3 is 2.55 bits per heavy atom. The fourth-order valence-corrected chi connectivity index (χ4v) is 3.01. The molecule has 0 amide bonds. The highest BCUT2D eigenvalue weighted by Crippen LogP contribution is 2.21. The summed E-state index contributed by atoms with van der Waals surface area (Å²) in [5, 5.41) is 12.5. The highest BCUT2D eigenvalue weighted by Gasteiger charge is 2.23. The van der Waals surface area contributed by atoms with Crippen LogP contribution in [0.2, 0.25) is 0 Å². The van der Waals surface area contributed by atoms with Crippen LogP contribution in [0, 0.1) is 17.7 Å². The topological polar surface area (TPSA) is 47.9 Å². The zero-order valence-corrected chi connectivity index (χ0v) is 15.7. The summed E-state index contributed by atoms with van der Waals surface area (Å²) >= 11 is 0. The summed E-state index contributed by atoms with van der Waals surface area (Å²) in [7, 11) is 1.77. The Bertz CT molecular complexity index is 514. The fourth-order valence-electron chi connectivity index (χ4n) is 3.01. The molecule has 2 unspecified atom stereocenters. The second-order valence-corrected chi connectivity index (χ2v) is 6.04. The molecule has 1 aliphatic heterocycles. The van der Waals surface area contributed by atoms with Crippen molar-refractivity contribution in [2.24, 2.45) is 16.8 Å². The molecule has 1 heterocycles. The highest BCUT2D eigenvalue weighted by atomic mass is 127. The van der Waals surface area contributed by atoms with Crippen molar-refractivity contribution in [2.75, 3.05) is 20.1 Å². The molecule has 1 fully saturated rings. The molecule has 0 aromatic heterocycles. The number of guanidine groups is 1. The normalized spacial score (nSPS) is 22.2. The Labute approximate surface area is 148 Å². The van der Waals surface area contributed by atoms with Gasteiger partial charge in [-0.15, -0.1) is 24.0 Å². The number of phenols is 1. The van der Waals surface area contributed by atoms with Crippen molar-refractivity contribution < 1.29 is 9.50 Å². The lowest BCUT2D eigenvalue weighted by Gasteiger charge is -2.37. The minimum absolute atomic E-state index is 0. The number of aromatic hydroxyl groups is 1. The van der Waals surface area contributed by atoms with Crippen LogP contribution in [0.25, 0.3) is 0 Å². The number of hydrogen-bond donors (Lipinski definition) is 2. The quantitative estimate of drug-likeness (QED) is 0.438. The SMILES string of the molecule is CN=C(NCc1ccc(O)c(F)c1)N1CC(C)CC(C)C1.I. The van der Waals surface area contributed by atoms with Gasteiger partial charge in [0.15, 0.2) is 17.5 Å². The smallest absolute Gasteiger partial charge is 0.193 e. The molecule has 0 spiro atoms. The summed E-state index contributed by atoms with van der Waals surface area (Å²) in [5.74, 6) is 1.24. The number of benzene rings is 1. The van der Waals surface area contributed by atoms with Gasteiger partial charge in [-0.1, -0.05) is 19.9 Å². The first-order valence-electron chi connectivity index (χ1n) is 7.42. The van der Waals surface area contributed by atoms with E-state index in [4.69, 9.17) is 0 Å². The molecule has 2 N–H and O–H groups in total. The Kier molecular flexibility index (Phi) is 7.38. The lowest BCUT2D eigenvalue weighted by Crippen LogP contribution is -2.48. The average molecular weight is 421 g/mol. The zero-order chi connectivity index (χ0) is 15.4. The lowest BCUT2D eigenvalue weighted by atomic mass is 9.92. The summed E-state index contributed by atoms with van der Waals surface area (Å²) < 4.78 is 13.3. The summed E-state index contributed by atoms with van der Waals surface area (Å²) in [6.45, 7) is 6.99. The highest BCUT2D eigenvalue weighted by molar-refractivity contribution is 14.0. The number of aliphatic imine (C=N–C) groups is 1. The minimum Gasteiger partial charge on any atom is -0.505 e. The number of rotatable bonds is 2. The van der Waals surface area contributed by atoms with Crippen LogP contribution in [0.1, 0.15) is 25.8 Å². The first kappa shape index (κ1) is 19.0. The van der Waals surface area contributed by atoms with Gasteiger partial charge in [0.1, 0.15) is 0 Å². The lowest BCUT2D eigenvalue weighted by molar-refractivity contribution is 0.208. The third-order valence-corrected chi connectivity index (χ3v) is 3.84. The maximum atomic E-state index is 13.3. The van der Waals surface area contributed by atoms with Gasteiger partial charge in [0.2, 0.25) is 0 Å². The van der Waals surface area contributed by atoms with Gasteiger partial charge in [0, 0.05) is 26.7 Å². The molecule has 124 valence electrons. The summed E-state index contributed by atoms with van der Waals surface area (Å²) in [4.78, 5) is 6.58. The Morgan fingerprint density at radius 2 is 2.00 bits per heavy atom. The van der Waals surface area contributed by atoms with Gasteiger partial charge >= 0.3 is 0 Å². The van der Waals surface area contributed by atoms with E-state index in [1.807, 2.05) is 0 Å². The van der Waals surface area contributed by atoms with Gasteiger partial charge in [-0.05, 0) is 36.0 Å². The third kappa shape index (κ3) is 5.00. The van der Waals surface area contributed by atoms with E-state index in [1.165, 1.54) is 18.6 Å². The first-order valence-corrected chi connectivity index (χ1v) is 7.42. The maximum absolute atomic E-state index is 13.3. The number of halogens is 2. The van der Waals surface area contributed by atoms with Crippen molar-refractivity contribution in [3.8, 4) is 5.75 Å². The molecule has 2 rings (SSSR count). The minimum atomic E-state index is -0.593. The van der Waals surface area contributed by atoms with E-state index in [2.05, 4.69) is 29.1 Å². The molecule has 0 aliphatic carbocycles. The number of nitrogens with one attached hydrogen (secondary N) is 1. The summed E-state index contributed by atoms with van der Waals surface area (Å²) in [5.41, 5.74) is 0.782. The molecule has 22 heavy (non-hydrogen) atoms. The van der Waals surface area contributed by atoms with Gasteiger partial charge in [-0.3, -0.25) is 4.99 Å². The molecule has 2 atom stereocenters. The Morgan fingerprint density at radius 1 is 1.36 bits per heavy atom. The number of nitrogens with zero attached hydrogens (tertiary/aromatic N) is 2. The molecule has 1 aromatic carbocycles. The van der Waals surface area contributed by atoms with Gasteiger partial charge in [0.25, 0.3) is 0 Å². The van der Waals surface area contributed by atoms with Gasteiger partial charge in [0.05, 0.1) is 0 Å². The standard InChI is InChI=1S/C16H24FN3O.HI/c1-11-6-12(2)10-20(9-11)16(18-3)19-8-13-4-5-15(21)14(17)7-13;/h4-5,7,11-12,21H,6,8-10H2,1-3H3,(H,18,19);1H. The largest absolute Gasteiger partial charge is 0.505 e. The van der Waals surface area contributed by atoms with Crippen LogP contribution < -0.4 is 5.32 Å². The van der Waals surface area contributed by atoms with Gasteiger partial charge < -0.3 is 15.3 Å². The first-order chi connectivity index (χ1) is 9.99. The molecule has 0 bridgehead atoms. The van der Waals surface area contributed by atoms with E-state index in [9.17, 15) is 9.50 Å². The molecule has 4 nitrogen and oxygen atoms in total. The van der Waals surface area contributed by atoms with Crippen LogP contribution in [0.3, 0.4) is 0 Å². The van der Waals surface area contributed by atoms with E-state index >= 15 is 0 Å². The summed E-state index contributed by atoms with van der Waals surface area (Å²) in [6, 6.07) is 4.43. The number of phenolic OH excluding ortho intramolecular Hbond substituents is 1. The maximum Gasteiger partial charge on any atom is 0.193 e. The Balaban J connectivity index is 0.00000242. The molecular weight excluding hydrogens is 396 g/mol. The Hall–Kier alpha value is -1.05. The van der Waals surface area contributed by atoms with Crippen LogP contribution in [-0.4, -0.2) is 36.1 Å². The average Bonchev–Trinajstić information content (AvgIpc) is 2.42. The molecule has 1 saturated heterocycles. The molecule has 1 aromatic rings. The second kappa shape index (κ2) is 8.55. The molecule has 1 aliphatic rings. The van der Waals surface area contributed by atoms with E-state index in [-0.39, 0.29) is 29.7 Å². The van der Waals surface area contributed by atoms with E-state index in [1.54, 1.807) is 13.1 Å². The summed E-state index contributed by atoms with van der Waals surface area (Å²) in [6.07, 6.45) is 1.25. The van der Waals surface area contributed by atoms with Crippen LogP contribution in [0.15, 0.2) is 23.2 Å². The van der Waals surface area contributed by atoms with E-state index < -0.39 is 5.82 Å². The van der Waals surface area contributed by atoms with Crippen molar-refractivity contribution in [3.63, 3.8) is 0 Å². The molecular formula is C16H25FIN3O. The number of piperidine rings is 1. The van der Waals surface area contributed by atoms with Crippen molar-refractivity contribution >= 4 is 29.9 Å². The zero-order valence-electron chi connectivity index (χ0n) is 13.3. The van der Waals surface area contributed by atoms with Gasteiger partial charge in [-0.2, -0.15) is 0 Å². The predicted octanol–water partition coefficient (Wildman–Crippen LogP) is 3.20. The van der Waals surface area contributed by atoms with Crippen LogP contribution >= 0.6 is 24.0 Å². The van der Waals surface area contributed by atoms with Crippen LogP contribution in [0.5, 0.6) is 5.75 Å². The van der Waals surface area contributed by atoms with E-state index in [0.29, 0.717) is 18.4 Å². The van der Waals surface area contributed by atoms with Crippen LogP contribution in [0.4, 0.5) is 4.39 Å². The molecule has 0 radical (unpaired) electrons. The monoisotopic (exact) mass is 421 g/mol. The van der Waals surface area contributed by atoms with Crippen molar-refractivity contribution in [1.82, 2.24) is 10.2 Å². The van der Waals surface area contributed by atoms with Crippen molar-refractivity contribution in [3.05, 3.63) is 29.6 Å². The second-order valence-electron chi connectivity index (χ2n) is 6.04. The van der Waals surface area contributed by atoms with Crippen molar-refractivity contribution in [1.29, 1.82) is 0 Å². The van der Waals surface area contributed by atoms with Gasteiger partial charge in [-0.25, -0.2) is 4.39 Å². The predicted molar refractivity (Wildman–Crippen MR) is 98.2 cm³/mol. The van der Waals surface area contributed by atoms with E-state index in [0.717, 1.165) is 24.6 Å². The number of hydrogen-bond acceptors (Lipinski definition) is 2.